The number of nitrogens with one attached hydrogen (secondary N) is 1. The summed E-state index contributed by atoms with van der Waals surface area (Å²) in [5, 5.41) is 4.16. The molecular weight excluding hydrogens is 302 g/mol. The van der Waals surface area contributed by atoms with Gasteiger partial charge in [0.05, 0.1) is 11.4 Å². The second-order valence-electron chi connectivity index (χ2n) is 5.77. The highest BCUT2D eigenvalue weighted by atomic mass is 32.2. The maximum absolute atomic E-state index is 12.5. The monoisotopic (exact) mass is 323 g/mol. The number of hydrogen-bond donors (Lipinski definition) is 1. The molecule has 0 radical (unpaired) electrons. The fourth-order valence-electron chi connectivity index (χ4n) is 2.73. The molecule has 1 saturated carbocycles. The molecule has 1 fully saturated rings. The van der Waals surface area contributed by atoms with Crippen LogP contribution in [0.2, 0.25) is 0 Å². The van der Waals surface area contributed by atoms with Crippen LogP contribution in [0.1, 0.15) is 36.0 Å². The van der Waals surface area contributed by atoms with Crippen LogP contribution in [-0.4, -0.2) is 34.3 Å². The Hall–Kier alpha value is -1.67. The molecule has 2 aromatic rings. The van der Waals surface area contributed by atoms with Crippen molar-refractivity contribution in [3.63, 3.8) is 0 Å². The highest BCUT2D eigenvalue weighted by Gasteiger charge is 2.28. The van der Waals surface area contributed by atoms with Crippen LogP contribution in [-0.2, 0) is 23.6 Å². The maximum atomic E-state index is 12.5. The molecule has 1 N–H and O–H groups in total. The molecule has 0 bridgehead atoms. The Morgan fingerprint density at radius 3 is 2.68 bits per heavy atom. The lowest BCUT2D eigenvalue weighted by atomic mass is 10.4. The minimum atomic E-state index is -3.54. The average Bonchev–Trinajstić information content (AvgIpc) is 3.11. The summed E-state index contributed by atoms with van der Waals surface area (Å²) in [6.45, 7) is 4.40. The summed E-state index contributed by atoms with van der Waals surface area (Å²) in [7, 11) is -1.79. The quantitative estimate of drug-likeness (QED) is 0.863. The fourth-order valence-corrected chi connectivity index (χ4v) is 4.18. The van der Waals surface area contributed by atoms with Gasteiger partial charge in [0.1, 0.15) is 10.7 Å². The first-order valence-electron chi connectivity index (χ1n) is 7.41. The molecule has 2 aromatic heterocycles. The van der Waals surface area contributed by atoms with Gasteiger partial charge in [-0.05, 0) is 26.7 Å². The number of rotatable bonds is 6. The van der Waals surface area contributed by atoms with Gasteiger partial charge in [-0.1, -0.05) is 0 Å². The molecule has 7 nitrogen and oxygen atoms in total. The number of imidazole rings is 1. The standard InChI is InChI=1S/C14H21N5O2S/c1-10-13(11(2)18(3)17-10)22(20,21)16-7-9-19-8-6-15-14(19)12-4-5-12/h6,8,12,16H,4-5,7,9H2,1-3H3. The molecule has 3 rings (SSSR count). The first kappa shape index (κ1) is 15.2. The Morgan fingerprint density at radius 2 is 2.09 bits per heavy atom. The van der Waals surface area contributed by atoms with Crippen molar-refractivity contribution >= 4 is 10.0 Å². The number of hydrogen-bond acceptors (Lipinski definition) is 4. The Labute approximate surface area is 130 Å². The predicted octanol–water partition coefficient (Wildman–Crippen LogP) is 1.09. The lowest BCUT2D eigenvalue weighted by Crippen LogP contribution is -2.28. The van der Waals surface area contributed by atoms with Gasteiger partial charge >= 0.3 is 0 Å². The Bertz CT molecular complexity index is 786. The SMILES string of the molecule is Cc1nn(C)c(C)c1S(=O)(=O)NCCn1ccnc1C1CC1. The van der Waals surface area contributed by atoms with Gasteiger partial charge in [-0.3, -0.25) is 4.68 Å². The topological polar surface area (TPSA) is 81.8 Å². The molecule has 0 aliphatic heterocycles. The summed E-state index contributed by atoms with van der Waals surface area (Å²) in [4.78, 5) is 4.64. The average molecular weight is 323 g/mol. The van der Waals surface area contributed by atoms with Crippen LogP contribution in [0.15, 0.2) is 17.3 Å². The van der Waals surface area contributed by atoms with E-state index in [1.54, 1.807) is 31.8 Å². The van der Waals surface area contributed by atoms with Crippen LogP contribution in [0.3, 0.4) is 0 Å². The molecule has 0 aromatic carbocycles. The normalized spacial score (nSPS) is 15.4. The van der Waals surface area contributed by atoms with Gasteiger partial charge in [-0.2, -0.15) is 5.10 Å². The molecule has 1 aliphatic carbocycles. The van der Waals surface area contributed by atoms with Crippen molar-refractivity contribution in [1.82, 2.24) is 24.1 Å². The third-order valence-electron chi connectivity index (χ3n) is 4.05. The van der Waals surface area contributed by atoms with Crippen molar-refractivity contribution in [2.24, 2.45) is 7.05 Å². The van der Waals surface area contributed by atoms with Crippen molar-refractivity contribution in [1.29, 1.82) is 0 Å². The summed E-state index contributed by atoms with van der Waals surface area (Å²) in [5.74, 6) is 1.61. The maximum Gasteiger partial charge on any atom is 0.244 e. The van der Waals surface area contributed by atoms with Gasteiger partial charge in [0.25, 0.3) is 0 Å². The third-order valence-corrected chi connectivity index (χ3v) is 5.76. The van der Waals surface area contributed by atoms with Gasteiger partial charge in [-0.25, -0.2) is 18.1 Å². The van der Waals surface area contributed by atoms with Gasteiger partial charge in [-0.15, -0.1) is 0 Å². The molecule has 120 valence electrons. The van der Waals surface area contributed by atoms with Crippen molar-refractivity contribution in [3.05, 3.63) is 29.6 Å². The lowest BCUT2D eigenvalue weighted by Gasteiger charge is -2.09. The van der Waals surface area contributed by atoms with Gasteiger partial charge in [0.15, 0.2) is 0 Å². The highest BCUT2D eigenvalue weighted by molar-refractivity contribution is 7.89. The zero-order valence-corrected chi connectivity index (χ0v) is 13.9. The molecule has 1 aliphatic rings. The molecule has 0 saturated heterocycles. The summed E-state index contributed by atoms with van der Waals surface area (Å²) in [6.07, 6.45) is 6.04. The lowest BCUT2D eigenvalue weighted by molar-refractivity contribution is 0.567. The highest BCUT2D eigenvalue weighted by Crippen LogP contribution is 2.38. The van der Waals surface area contributed by atoms with Crippen molar-refractivity contribution < 1.29 is 8.42 Å². The number of aromatic nitrogens is 4. The summed E-state index contributed by atoms with van der Waals surface area (Å²) in [6, 6.07) is 0. The van der Waals surface area contributed by atoms with E-state index >= 15 is 0 Å². The largest absolute Gasteiger partial charge is 0.333 e. The Balaban J connectivity index is 1.69. The number of sulfonamides is 1. The second-order valence-corrected chi connectivity index (χ2v) is 7.48. The zero-order valence-electron chi connectivity index (χ0n) is 13.1. The van der Waals surface area contributed by atoms with E-state index in [0.717, 1.165) is 5.82 Å². The fraction of sp³-hybridized carbons (Fsp3) is 0.571. The van der Waals surface area contributed by atoms with E-state index in [1.807, 2.05) is 10.8 Å². The molecular formula is C14H21N5O2S. The van der Waals surface area contributed by atoms with E-state index in [1.165, 1.54) is 12.8 Å². The first-order valence-corrected chi connectivity index (χ1v) is 8.89. The van der Waals surface area contributed by atoms with Crippen LogP contribution in [0.5, 0.6) is 0 Å². The minimum Gasteiger partial charge on any atom is -0.333 e. The Morgan fingerprint density at radius 1 is 1.36 bits per heavy atom. The van der Waals surface area contributed by atoms with Crippen LogP contribution in [0, 0.1) is 13.8 Å². The molecule has 2 heterocycles. The van der Waals surface area contributed by atoms with Crippen molar-refractivity contribution in [2.75, 3.05) is 6.54 Å². The van der Waals surface area contributed by atoms with E-state index < -0.39 is 10.0 Å². The minimum absolute atomic E-state index is 0.281. The second kappa shape index (κ2) is 5.51. The van der Waals surface area contributed by atoms with Gasteiger partial charge in [0, 0.05) is 38.4 Å². The van der Waals surface area contributed by atoms with Crippen LogP contribution < -0.4 is 4.72 Å². The molecule has 0 atom stereocenters. The molecule has 0 amide bonds. The van der Waals surface area contributed by atoms with E-state index in [-0.39, 0.29) is 4.90 Å². The third kappa shape index (κ3) is 2.80. The molecule has 0 unspecified atom stereocenters. The molecule has 8 heteroatoms. The van der Waals surface area contributed by atoms with E-state index in [2.05, 4.69) is 14.8 Å². The summed E-state index contributed by atoms with van der Waals surface area (Å²) in [5.41, 5.74) is 1.17. The van der Waals surface area contributed by atoms with E-state index in [9.17, 15) is 8.42 Å². The number of aryl methyl sites for hydroxylation is 2. The zero-order chi connectivity index (χ0) is 15.9. The van der Waals surface area contributed by atoms with Crippen molar-refractivity contribution in [2.45, 2.75) is 44.0 Å². The van der Waals surface area contributed by atoms with Crippen LogP contribution in [0.25, 0.3) is 0 Å². The van der Waals surface area contributed by atoms with E-state index in [4.69, 9.17) is 0 Å². The summed E-state index contributed by atoms with van der Waals surface area (Å²) < 4.78 is 31.2. The summed E-state index contributed by atoms with van der Waals surface area (Å²) >= 11 is 0. The van der Waals surface area contributed by atoms with Gasteiger partial charge in [0.2, 0.25) is 10.0 Å². The van der Waals surface area contributed by atoms with Gasteiger partial charge < -0.3 is 4.57 Å². The van der Waals surface area contributed by atoms with Crippen LogP contribution in [0.4, 0.5) is 0 Å². The van der Waals surface area contributed by atoms with Crippen LogP contribution >= 0.6 is 0 Å². The van der Waals surface area contributed by atoms with Crippen molar-refractivity contribution in [3.8, 4) is 0 Å². The Kier molecular flexibility index (Phi) is 3.82. The smallest absolute Gasteiger partial charge is 0.244 e. The van der Waals surface area contributed by atoms with E-state index in [0.29, 0.717) is 30.4 Å². The number of nitrogens with zero attached hydrogens (tertiary/aromatic N) is 4. The first-order chi connectivity index (χ1) is 10.4. The predicted molar refractivity (Wildman–Crippen MR) is 82.1 cm³/mol. The molecule has 0 spiro atoms. The molecule has 22 heavy (non-hydrogen) atoms.